The van der Waals surface area contributed by atoms with Gasteiger partial charge in [-0.3, -0.25) is 0 Å². The number of benzene rings is 1. The lowest BCUT2D eigenvalue weighted by molar-refractivity contribution is -0.148. The van der Waals surface area contributed by atoms with Crippen LogP contribution in [0.15, 0.2) is 18.2 Å². The van der Waals surface area contributed by atoms with Gasteiger partial charge in [-0.1, -0.05) is 23.8 Å². The number of methoxy groups -OCH3 is 1. The molecule has 0 aliphatic rings. The highest BCUT2D eigenvalue weighted by Crippen LogP contribution is 2.14. The van der Waals surface area contributed by atoms with Crippen molar-refractivity contribution < 1.29 is 14.6 Å². The van der Waals surface area contributed by atoms with E-state index in [4.69, 9.17) is 9.84 Å². The van der Waals surface area contributed by atoms with Gasteiger partial charge in [-0.2, -0.15) is 0 Å². The van der Waals surface area contributed by atoms with Crippen LogP contribution in [0.1, 0.15) is 16.7 Å². The first kappa shape index (κ1) is 11.7. The molecule has 15 heavy (non-hydrogen) atoms. The zero-order valence-electron chi connectivity index (χ0n) is 9.28. The molecule has 0 bridgehead atoms. The molecule has 0 radical (unpaired) electrons. The lowest BCUT2D eigenvalue weighted by Gasteiger charge is -2.12. The molecule has 0 saturated heterocycles. The largest absolute Gasteiger partial charge is 0.479 e. The van der Waals surface area contributed by atoms with Gasteiger partial charge >= 0.3 is 5.97 Å². The lowest BCUT2D eigenvalue weighted by Crippen LogP contribution is -2.25. The maximum Gasteiger partial charge on any atom is 0.333 e. The minimum Gasteiger partial charge on any atom is -0.479 e. The summed E-state index contributed by atoms with van der Waals surface area (Å²) in [6, 6.07) is 6.02. The topological polar surface area (TPSA) is 46.5 Å². The van der Waals surface area contributed by atoms with Gasteiger partial charge in [0, 0.05) is 13.5 Å². The van der Waals surface area contributed by atoms with Gasteiger partial charge in [0.05, 0.1) is 0 Å². The summed E-state index contributed by atoms with van der Waals surface area (Å²) < 4.78 is 4.91. The molecule has 0 heterocycles. The Balaban J connectivity index is 2.87. The first-order valence-corrected chi connectivity index (χ1v) is 4.86. The summed E-state index contributed by atoms with van der Waals surface area (Å²) in [5, 5.41) is 8.87. The van der Waals surface area contributed by atoms with E-state index >= 15 is 0 Å². The Labute approximate surface area is 89.7 Å². The molecule has 0 fully saturated rings. The van der Waals surface area contributed by atoms with Crippen molar-refractivity contribution in [2.75, 3.05) is 7.11 Å². The number of aliphatic carboxylic acids is 1. The number of carboxylic acid groups (broad SMARTS) is 1. The van der Waals surface area contributed by atoms with Crippen molar-refractivity contribution in [1.29, 1.82) is 0 Å². The molecule has 1 aromatic carbocycles. The molecule has 1 N–H and O–H groups in total. The van der Waals surface area contributed by atoms with Gasteiger partial charge in [-0.15, -0.1) is 0 Å². The molecular formula is C12H16O3. The second kappa shape index (κ2) is 4.94. The fourth-order valence-electron chi connectivity index (χ4n) is 1.49. The molecule has 0 spiro atoms. The van der Waals surface area contributed by atoms with Crippen molar-refractivity contribution in [3.8, 4) is 0 Å². The van der Waals surface area contributed by atoms with E-state index in [1.165, 1.54) is 7.11 Å². The number of carboxylic acids is 1. The summed E-state index contributed by atoms with van der Waals surface area (Å²) in [5.41, 5.74) is 3.27. The van der Waals surface area contributed by atoms with E-state index in [2.05, 4.69) is 0 Å². The SMILES string of the molecule is COC(Cc1cc(C)ccc1C)C(=O)O. The Morgan fingerprint density at radius 2 is 2.13 bits per heavy atom. The Hall–Kier alpha value is -1.35. The molecule has 0 amide bonds. The summed E-state index contributed by atoms with van der Waals surface area (Å²) in [6.07, 6.45) is -0.343. The Morgan fingerprint density at radius 3 is 2.67 bits per heavy atom. The normalized spacial score (nSPS) is 12.5. The molecule has 1 atom stereocenters. The minimum atomic E-state index is -0.918. The van der Waals surface area contributed by atoms with E-state index in [0.29, 0.717) is 6.42 Å². The first-order valence-electron chi connectivity index (χ1n) is 4.86. The smallest absolute Gasteiger partial charge is 0.333 e. The van der Waals surface area contributed by atoms with Crippen LogP contribution in [0.3, 0.4) is 0 Å². The number of ether oxygens (including phenoxy) is 1. The zero-order valence-corrected chi connectivity index (χ0v) is 9.28. The molecule has 1 aromatic rings. The van der Waals surface area contributed by atoms with Crippen molar-refractivity contribution in [1.82, 2.24) is 0 Å². The summed E-state index contributed by atoms with van der Waals surface area (Å²) in [4.78, 5) is 10.8. The van der Waals surface area contributed by atoms with Gasteiger partial charge in [0.1, 0.15) is 0 Å². The van der Waals surface area contributed by atoms with E-state index in [9.17, 15) is 4.79 Å². The van der Waals surface area contributed by atoms with Crippen LogP contribution in [0.5, 0.6) is 0 Å². The summed E-state index contributed by atoms with van der Waals surface area (Å²) in [7, 11) is 1.42. The molecule has 1 rings (SSSR count). The van der Waals surface area contributed by atoms with Crippen LogP contribution in [0.4, 0.5) is 0 Å². The van der Waals surface area contributed by atoms with Crippen molar-refractivity contribution in [3.63, 3.8) is 0 Å². The van der Waals surface area contributed by atoms with Crippen LogP contribution in [0, 0.1) is 13.8 Å². The average molecular weight is 208 g/mol. The van der Waals surface area contributed by atoms with Crippen LogP contribution in [-0.4, -0.2) is 24.3 Å². The van der Waals surface area contributed by atoms with Crippen LogP contribution >= 0.6 is 0 Å². The predicted octanol–water partition coefficient (Wildman–Crippen LogP) is 1.95. The molecule has 3 nitrogen and oxygen atoms in total. The number of hydrogen-bond donors (Lipinski definition) is 1. The first-order chi connectivity index (χ1) is 7.04. The standard InChI is InChI=1S/C12H16O3/c1-8-4-5-9(2)10(6-8)7-11(15-3)12(13)14/h4-6,11H,7H2,1-3H3,(H,13,14). The summed E-state index contributed by atoms with van der Waals surface area (Å²) >= 11 is 0. The van der Waals surface area contributed by atoms with Crippen molar-refractivity contribution in [3.05, 3.63) is 34.9 Å². The van der Waals surface area contributed by atoms with Gasteiger partial charge in [0.2, 0.25) is 0 Å². The van der Waals surface area contributed by atoms with Crippen molar-refractivity contribution >= 4 is 5.97 Å². The van der Waals surface area contributed by atoms with Gasteiger partial charge in [0.15, 0.2) is 6.10 Å². The van der Waals surface area contributed by atoms with Crippen molar-refractivity contribution in [2.45, 2.75) is 26.4 Å². The molecule has 3 heteroatoms. The number of aryl methyl sites for hydroxylation is 2. The van der Waals surface area contributed by atoms with Crippen LogP contribution in [0.25, 0.3) is 0 Å². The Morgan fingerprint density at radius 1 is 1.47 bits per heavy atom. The van der Waals surface area contributed by atoms with Crippen LogP contribution in [-0.2, 0) is 16.0 Å². The second-order valence-corrected chi connectivity index (χ2v) is 3.70. The lowest BCUT2D eigenvalue weighted by atomic mass is 10.0. The monoisotopic (exact) mass is 208 g/mol. The number of hydrogen-bond acceptors (Lipinski definition) is 2. The van der Waals surface area contributed by atoms with Crippen molar-refractivity contribution in [2.24, 2.45) is 0 Å². The average Bonchev–Trinajstić information content (AvgIpc) is 2.18. The van der Waals surface area contributed by atoms with E-state index in [1.807, 2.05) is 32.0 Å². The maximum absolute atomic E-state index is 10.8. The van der Waals surface area contributed by atoms with Gasteiger partial charge in [0.25, 0.3) is 0 Å². The van der Waals surface area contributed by atoms with Crippen LogP contribution < -0.4 is 0 Å². The van der Waals surface area contributed by atoms with Gasteiger partial charge in [-0.05, 0) is 25.0 Å². The highest BCUT2D eigenvalue weighted by Gasteiger charge is 2.17. The molecule has 1 unspecified atom stereocenters. The fraction of sp³-hybridized carbons (Fsp3) is 0.417. The molecule has 0 aromatic heterocycles. The third-order valence-electron chi connectivity index (χ3n) is 2.47. The van der Waals surface area contributed by atoms with Crippen LogP contribution in [0.2, 0.25) is 0 Å². The Kier molecular flexibility index (Phi) is 3.86. The number of rotatable bonds is 4. The molecule has 0 aliphatic heterocycles. The molecule has 0 saturated carbocycles. The highest BCUT2D eigenvalue weighted by atomic mass is 16.5. The van der Waals surface area contributed by atoms with E-state index in [1.54, 1.807) is 0 Å². The Bertz CT molecular complexity index is 358. The highest BCUT2D eigenvalue weighted by molar-refractivity contribution is 5.72. The molecule has 82 valence electrons. The summed E-state index contributed by atoms with van der Waals surface area (Å²) in [5.74, 6) is -0.918. The van der Waals surface area contributed by atoms with E-state index in [0.717, 1.165) is 16.7 Å². The van der Waals surface area contributed by atoms with Gasteiger partial charge < -0.3 is 9.84 Å². The molecular weight excluding hydrogens is 192 g/mol. The van der Waals surface area contributed by atoms with Gasteiger partial charge in [-0.25, -0.2) is 4.79 Å². The quantitative estimate of drug-likeness (QED) is 0.822. The predicted molar refractivity (Wildman–Crippen MR) is 58.1 cm³/mol. The summed E-state index contributed by atoms with van der Waals surface area (Å²) in [6.45, 7) is 3.97. The van der Waals surface area contributed by atoms with E-state index < -0.39 is 12.1 Å². The zero-order chi connectivity index (χ0) is 11.4. The van der Waals surface area contributed by atoms with E-state index in [-0.39, 0.29) is 0 Å². The maximum atomic E-state index is 10.8. The number of carbonyl (C=O) groups is 1. The third kappa shape index (κ3) is 3.06. The third-order valence-corrected chi connectivity index (χ3v) is 2.47. The second-order valence-electron chi connectivity index (χ2n) is 3.70. The minimum absolute atomic E-state index is 0.416. The molecule has 0 aliphatic carbocycles. The fourth-order valence-corrected chi connectivity index (χ4v) is 1.49.